The highest BCUT2D eigenvalue weighted by atomic mass is 32.2. The molecule has 0 amide bonds. The van der Waals surface area contributed by atoms with Gasteiger partial charge in [0, 0.05) is 20.1 Å². The molecular formula is C14H20N6O2S. The van der Waals surface area contributed by atoms with E-state index >= 15 is 0 Å². The van der Waals surface area contributed by atoms with Crippen molar-refractivity contribution in [2.75, 3.05) is 22.7 Å². The first-order chi connectivity index (χ1) is 10.9. The van der Waals surface area contributed by atoms with E-state index in [4.69, 9.17) is 0 Å². The van der Waals surface area contributed by atoms with Crippen LogP contribution >= 0.6 is 0 Å². The minimum Gasteiger partial charge on any atom is -0.355 e. The van der Waals surface area contributed by atoms with E-state index in [-0.39, 0.29) is 10.7 Å². The molecular weight excluding hydrogens is 316 g/mol. The molecule has 1 N–H and O–H groups in total. The van der Waals surface area contributed by atoms with Crippen molar-refractivity contribution >= 4 is 21.7 Å². The molecule has 0 saturated carbocycles. The Morgan fingerprint density at radius 1 is 1.17 bits per heavy atom. The van der Waals surface area contributed by atoms with Crippen LogP contribution in [0.15, 0.2) is 17.3 Å². The Balaban J connectivity index is 1.90. The van der Waals surface area contributed by atoms with Crippen molar-refractivity contribution < 1.29 is 8.42 Å². The number of aryl methyl sites for hydroxylation is 2. The van der Waals surface area contributed by atoms with Crippen molar-refractivity contribution in [3.8, 4) is 0 Å². The maximum Gasteiger partial charge on any atom is 0.266 e. The van der Waals surface area contributed by atoms with Crippen LogP contribution in [0.25, 0.3) is 0 Å². The van der Waals surface area contributed by atoms with E-state index in [0.717, 1.165) is 25.9 Å². The highest BCUT2D eigenvalue weighted by Gasteiger charge is 2.25. The summed E-state index contributed by atoms with van der Waals surface area (Å²) in [6.07, 6.45) is 5.30. The quantitative estimate of drug-likeness (QED) is 0.902. The van der Waals surface area contributed by atoms with Crippen LogP contribution < -0.4 is 9.62 Å². The molecule has 0 aliphatic carbocycles. The molecule has 2 aromatic rings. The van der Waals surface area contributed by atoms with E-state index in [9.17, 15) is 8.42 Å². The first-order valence-electron chi connectivity index (χ1n) is 7.48. The second-order valence-electron chi connectivity index (χ2n) is 5.69. The Kier molecular flexibility index (Phi) is 3.97. The molecule has 0 atom stereocenters. The molecule has 1 aliphatic rings. The maximum atomic E-state index is 12.6. The summed E-state index contributed by atoms with van der Waals surface area (Å²) >= 11 is 0. The average Bonchev–Trinajstić information content (AvgIpc) is 3.08. The Bertz CT molecular complexity index is 824. The number of nitrogens with zero attached hydrogens (tertiary/aromatic N) is 5. The monoisotopic (exact) mass is 336 g/mol. The normalized spacial score (nSPS) is 15.2. The highest BCUT2D eigenvalue weighted by molar-refractivity contribution is 7.92. The van der Waals surface area contributed by atoms with Crippen molar-refractivity contribution in [2.45, 2.75) is 31.6 Å². The van der Waals surface area contributed by atoms with Gasteiger partial charge in [0.15, 0.2) is 5.82 Å². The minimum absolute atomic E-state index is 0.188. The molecule has 8 nitrogen and oxygen atoms in total. The number of nitrogens with one attached hydrogen (secondary N) is 1. The molecule has 1 saturated heterocycles. The van der Waals surface area contributed by atoms with E-state index in [1.165, 1.54) is 6.20 Å². The Morgan fingerprint density at radius 2 is 1.87 bits per heavy atom. The van der Waals surface area contributed by atoms with Crippen LogP contribution in [0.4, 0.5) is 11.6 Å². The van der Waals surface area contributed by atoms with E-state index in [2.05, 4.69) is 24.7 Å². The Labute approximate surface area is 135 Å². The van der Waals surface area contributed by atoms with Gasteiger partial charge in [0.05, 0.1) is 23.8 Å². The largest absolute Gasteiger partial charge is 0.355 e. The zero-order chi connectivity index (χ0) is 16.6. The fourth-order valence-corrected chi connectivity index (χ4v) is 4.26. The summed E-state index contributed by atoms with van der Waals surface area (Å²) in [4.78, 5) is 10.8. The average molecular weight is 336 g/mol. The molecule has 23 heavy (non-hydrogen) atoms. The summed E-state index contributed by atoms with van der Waals surface area (Å²) in [5.74, 6) is 0.916. The first-order valence-corrected chi connectivity index (χ1v) is 8.97. The summed E-state index contributed by atoms with van der Waals surface area (Å²) in [7, 11) is -2.03. The smallest absolute Gasteiger partial charge is 0.266 e. The van der Waals surface area contributed by atoms with E-state index < -0.39 is 10.0 Å². The van der Waals surface area contributed by atoms with Gasteiger partial charge in [-0.1, -0.05) is 0 Å². The SMILES string of the molecule is Cc1nn(C)c(C)c1S(=O)(=O)Nc1cncc(N2CCCC2)n1. The fourth-order valence-electron chi connectivity index (χ4n) is 2.84. The van der Waals surface area contributed by atoms with Crippen LogP contribution in [0.1, 0.15) is 24.2 Å². The lowest BCUT2D eigenvalue weighted by Gasteiger charge is -2.16. The van der Waals surface area contributed by atoms with Crippen LogP contribution in [0.5, 0.6) is 0 Å². The number of hydrogen-bond donors (Lipinski definition) is 1. The maximum absolute atomic E-state index is 12.6. The zero-order valence-corrected chi connectivity index (χ0v) is 14.3. The zero-order valence-electron chi connectivity index (χ0n) is 13.4. The molecule has 0 radical (unpaired) electrons. The lowest BCUT2D eigenvalue weighted by molar-refractivity contribution is 0.599. The number of anilines is 2. The molecule has 0 bridgehead atoms. The van der Waals surface area contributed by atoms with Crippen LogP contribution in [-0.2, 0) is 17.1 Å². The number of rotatable bonds is 4. The first kappa shape index (κ1) is 15.7. The molecule has 124 valence electrons. The second-order valence-corrected chi connectivity index (χ2v) is 7.30. The molecule has 0 spiro atoms. The topological polar surface area (TPSA) is 93.0 Å². The fraction of sp³-hybridized carbons (Fsp3) is 0.500. The van der Waals surface area contributed by atoms with Gasteiger partial charge in [0.2, 0.25) is 0 Å². The molecule has 1 aliphatic heterocycles. The van der Waals surface area contributed by atoms with Crippen LogP contribution in [0.3, 0.4) is 0 Å². The lowest BCUT2D eigenvalue weighted by Crippen LogP contribution is -2.21. The van der Waals surface area contributed by atoms with Crippen molar-refractivity contribution in [3.05, 3.63) is 23.8 Å². The molecule has 2 aromatic heterocycles. The van der Waals surface area contributed by atoms with Crippen molar-refractivity contribution in [2.24, 2.45) is 7.05 Å². The van der Waals surface area contributed by atoms with Gasteiger partial charge in [-0.3, -0.25) is 14.4 Å². The molecule has 0 aromatic carbocycles. The molecule has 9 heteroatoms. The van der Waals surface area contributed by atoms with Gasteiger partial charge in [-0.15, -0.1) is 0 Å². The Morgan fingerprint density at radius 3 is 2.48 bits per heavy atom. The summed E-state index contributed by atoms with van der Waals surface area (Å²) in [5, 5.41) is 4.15. The summed E-state index contributed by atoms with van der Waals surface area (Å²) in [6.45, 7) is 5.24. The third-order valence-electron chi connectivity index (χ3n) is 4.00. The predicted molar refractivity (Wildman–Crippen MR) is 87.0 cm³/mol. The van der Waals surface area contributed by atoms with Gasteiger partial charge in [-0.2, -0.15) is 5.10 Å². The summed E-state index contributed by atoms with van der Waals surface area (Å²) in [5.41, 5.74) is 1.04. The summed E-state index contributed by atoms with van der Waals surface area (Å²) in [6, 6.07) is 0. The molecule has 0 unspecified atom stereocenters. The van der Waals surface area contributed by atoms with Crippen LogP contribution in [0.2, 0.25) is 0 Å². The molecule has 1 fully saturated rings. The lowest BCUT2D eigenvalue weighted by atomic mass is 10.4. The van der Waals surface area contributed by atoms with Gasteiger partial charge < -0.3 is 4.90 Å². The van der Waals surface area contributed by atoms with Crippen LogP contribution in [0, 0.1) is 13.8 Å². The standard InChI is InChI=1S/C14H20N6O2S/c1-10-14(11(2)19(3)17-10)23(21,22)18-12-8-15-9-13(16-12)20-6-4-5-7-20/h8-9H,4-7H2,1-3H3,(H,16,18). The predicted octanol–water partition coefficient (Wildman–Crippen LogP) is 1.23. The van der Waals surface area contributed by atoms with Gasteiger partial charge in [0.25, 0.3) is 10.0 Å². The minimum atomic E-state index is -3.75. The van der Waals surface area contributed by atoms with Gasteiger partial charge in [0.1, 0.15) is 10.7 Å². The summed E-state index contributed by atoms with van der Waals surface area (Å²) < 4.78 is 29.4. The van der Waals surface area contributed by atoms with Gasteiger partial charge >= 0.3 is 0 Å². The van der Waals surface area contributed by atoms with Gasteiger partial charge in [-0.25, -0.2) is 13.4 Å². The third-order valence-corrected chi connectivity index (χ3v) is 5.61. The molecule has 3 heterocycles. The number of hydrogen-bond acceptors (Lipinski definition) is 6. The van der Waals surface area contributed by atoms with E-state index in [1.54, 1.807) is 31.8 Å². The van der Waals surface area contributed by atoms with Crippen molar-refractivity contribution in [1.29, 1.82) is 0 Å². The van der Waals surface area contributed by atoms with Crippen LogP contribution in [-0.4, -0.2) is 41.3 Å². The number of sulfonamides is 1. The van der Waals surface area contributed by atoms with Gasteiger partial charge in [-0.05, 0) is 26.7 Å². The molecule has 3 rings (SSSR count). The third kappa shape index (κ3) is 3.00. The van der Waals surface area contributed by atoms with Crippen molar-refractivity contribution in [3.63, 3.8) is 0 Å². The Hall–Kier alpha value is -2.16. The van der Waals surface area contributed by atoms with E-state index in [1.807, 2.05) is 0 Å². The van der Waals surface area contributed by atoms with E-state index in [0.29, 0.717) is 17.2 Å². The number of aromatic nitrogens is 4. The second kappa shape index (κ2) is 5.80. The van der Waals surface area contributed by atoms with Crippen molar-refractivity contribution in [1.82, 2.24) is 19.7 Å². The highest BCUT2D eigenvalue weighted by Crippen LogP contribution is 2.23.